The van der Waals surface area contributed by atoms with Gasteiger partial charge >= 0.3 is 0 Å². The van der Waals surface area contributed by atoms with Gasteiger partial charge in [-0.05, 0) is 44.3 Å². The first-order chi connectivity index (χ1) is 11.1. The second kappa shape index (κ2) is 8.42. The molecule has 3 N–H and O–H groups in total. The number of carbonyl (C=O) groups is 2. The second-order valence-corrected chi connectivity index (χ2v) is 7.02. The highest BCUT2D eigenvalue weighted by Gasteiger charge is 2.33. The molecule has 0 spiro atoms. The first kappa shape index (κ1) is 17.9. The van der Waals surface area contributed by atoms with Crippen LogP contribution in [-0.4, -0.2) is 51.2 Å². The van der Waals surface area contributed by atoms with Crippen LogP contribution in [0.3, 0.4) is 0 Å². The van der Waals surface area contributed by atoms with Crippen LogP contribution in [0.1, 0.15) is 29.4 Å². The van der Waals surface area contributed by atoms with Crippen molar-refractivity contribution in [3.05, 3.63) is 22.4 Å². The van der Waals surface area contributed by atoms with Crippen molar-refractivity contribution in [3.8, 4) is 0 Å². The Labute approximate surface area is 141 Å². The van der Waals surface area contributed by atoms with Gasteiger partial charge in [0.05, 0.1) is 11.5 Å². The molecule has 0 radical (unpaired) electrons. The Morgan fingerprint density at radius 1 is 1.43 bits per heavy atom. The summed E-state index contributed by atoms with van der Waals surface area (Å²) in [6, 6.07) is 2.99. The summed E-state index contributed by atoms with van der Waals surface area (Å²) in [5.41, 5.74) is -0.0207. The van der Waals surface area contributed by atoms with E-state index in [1.807, 2.05) is 11.4 Å². The monoisotopic (exact) mass is 339 g/mol. The molecule has 23 heavy (non-hydrogen) atoms. The van der Waals surface area contributed by atoms with Crippen molar-refractivity contribution in [2.24, 2.45) is 5.41 Å². The number of amides is 2. The van der Waals surface area contributed by atoms with E-state index in [4.69, 9.17) is 4.74 Å². The van der Waals surface area contributed by atoms with Crippen LogP contribution in [0.4, 0.5) is 0 Å². The summed E-state index contributed by atoms with van der Waals surface area (Å²) < 4.78 is 5.34. The van der Waals surface area contributed by atoms with E-state index in [1.165, 1.54) is 11.3 Å². The Morgan fingerprint density at radius 2 is 2.17 bits per heavy atom. The molecule has 1 aliphatic heterocycles. The number of carbonyl (C=O) groups excluding carboxylic acids is 2. The van der Waals surface area contributed by atoms with E-state index in [9.17, 15) is 9.59 Å². The van der Waals surface area contributed by atoms with Crippen molar-refractivity contribution in [2.75, 3.05) is 33.4 Å². The number of nitrogens with one attached hydrogen (secondary N) is 3. The Bertz CT molecular complexity index is 507. The van der Waals surface area contributed by atoms with E-state index < -0.39 is 6.04 Å². The van der Waals surface area contributed by atoms with Gasteiger partial charge in [0, 0.05) is 19.1 Å². The molecule has 0 saturated carbocycles. The third kappa shape index (κ3) is 5.02. The Hall–Kier alpha value is -1.44. The highest BCUT2D eigenvalue weighted by molar-refractivity contribution is 7.12. The molecule has 0 aliphatic carbocycles. The number of methoxy groups -OCH3 is 1. The van der Waals surface area contributed by atoms with Gasteiger partial charge in [-0.15, -0.1) is 11.3 Å². The lowest BCUT2D eigenvalue weighted by Gasteiger charge is -2.37. The number of rotatable bonds is 7. The average molecular weight is 339 g/mol. The van der Waals surface area contributed by atoms with Crippen LogP contribution in [0.15, 0.2) is 17.5 Å². The van der Waals surface area contributed by atoms with Gasteiger partial charge in [0.25, 0.3) is 5.91 Å². The van der Waals surface area contributed by atoms with E-state index in [2.05, 4.69) is 16.0 Å². The van der Waals surface area contributed by atoms with Crippen molar-refractivity contribution in [3.63, 3.8) is 0 Å². The molecule has 1 saturated heterocycles. The van der Waals surface area contributed by atoms with E-state index in [1.54, 1.807) is 20.1 Å². The maximum absolute atomic E-state index is 12.3. The predicted molar refractivity (Wildman–Crippen MR) is 90.7 cm³/mol. The standard InChI is InChI=1S/C16H25N3O3S/c1-12(19-15(21)13-4-3-9-23-13)14(20)18-10-16(11-22-2)5-7-17-8-6-16/h3-4,9,12,17H,5-8,10-11H2,1-2H3,(H,18,20)(H,19,21). The summed E-state index contributed by atoms with van der Waals surface area (Å²) in [7, 11) is 1.69. The molecule has 1 atom stereocenters. The van der Waals surface area contributed by atoms with E-state index >= 15 is 0 Å². The van der Waals surface area contributed by atoms with Crippen LogP contribution in [0.5, 0.6) is 0 Å². The molecule has 6 nitrogen and oxygen atoms in total. The number of thiophene rings is 1. The van der Waals surface area contributed by atoms with Crippen molar-refractivity contribution >= 4 is 23.2 Å². The molecule has 0 aromatic carbocycles. The molecular formula is C16H25N3O3S. The highest BCUT2D eigenvalue weighted by atomic mass is 32.1. The molecule has 1 aromatic heterocycles. The molecule has 1 fully saturated rings. The number of hydrogen-bond acceptors (Lipinski definition) is 5. The second-order valence-electron chi connectivity index (χ2n) is 6.07. The largest absolute Gasteiger partial charge is 0.384 e. The Kier molecular flexibility index (Phi) is 6.56. The van der Waals surface area contributed by atoms with Crippen LogP contribution in [0.2, 0.25) is 0 Å². The van der Waals surface area contributed by atoms with Gasteiger partial charge < -0.3 is 20.7 Å². The van der Waals surface area contributed by atoms with Gasteiger partial charge in [-0.1, -0.05) is 6.07 Å². The topological polar surface area (TPSA) is 79.5 Å². The third-order valence-electron chi connectivity index (χ3n) is 4.24. The summed E-state index contributed by atoms with van der Waals surface area (Å²) in [5.74, 6) is -0.375. The van der Waals surface area contributed by atoms with E-state index in [0.717, 1.165) is 25.9 Å². The molecule has 1 unspecified atom stereocenters. The van der Waals surface area contributed by atoms with Gasteiger partial charge in [-0.25, -0.2) is 0 Å². The maximum atomic E-state index is 12.3. The number of piperidine rings is 1. The fourth-order valence-electron chi connectivity index (χ4n) is 2.80. The summed E-state index contributed by atoms with van der Waals surface area (Å²) in [4.78, 5) is 24.9. The smallest absolute Gasteiger partial charge is 0.261 e. The van der Waals surface area contributed by atoms with Crippen molar-refractivity contribution in [2.45, 2.75) is 25.8 Å². The lowest BCUT2D eigenvalue weighted by atomic mass is 9.79. The fourth-order valence-corrected chi connectivity index (χ4v) is 3.43. The summed E-state index contributed by atoms with van der Waals surface area (Å²) in [6.45, 7) is 4.77. The van der Waals surface area contributed by atoms with Gasteiger partial charge in [-0.2, -0.15) is 0 Å². The first-order valence-corrected chi connectivity index (χ1v) is 8.76. The molecule has 2 heterocycles. The highest BCUT2D eigenvalue weighted by Crippen LogP contribution is 2.28. The van der Waals surface area contributed by atoms with Crippen LogP contribution >= 0.6 is 11.3 Å². The van der Waals surface area contributed by atoms with Gasteiger partial charge in [0.15, 0.2) is 0 Å². The minimum absolute atomic E-state index is 0.0207. The van der Waals surface area contributed by atoms with Crippen molar-refractivity contribution < 1.29 is 14.3 Å². The van der Waals surface area contributed by atoms with Crippen LogP contribution in [0.25, 0.3) is 0 Å². The van der Waals surface area contributed by atoms with E-state index in [-0.39, 0.29) is 17.2 Å². The maximum Gasteiger partial charge on any atom is 0.261 e. The van der Waals surface area contributed by atoms with Crippen molar-refractivity contribution in [1.82, 2.24) is 16.0 Å². The van der Waals surface area contributed by atoms with Gasteiger partial charge in [0.1, 0.15) is 6.04 Å². The summed E-state index contributed by atoms with van der Waals surface area (Å²) in [5, 5.41) is 10.9. The fraction of sp³-hybridized carbons (Fsp3) is 0.625. The zero-order valence-corrected chi connectivity index (χ0v) is 14.5. The normalized spacial score (nSPS) is 18.2. The molecule has 1 aliphatic rings. The van der Waals surface area contributed by atoms with Crippen molar-refractivity contribution in [1.29, 1.82) is 0 Å². The Balaban J connectivity index is 1.83. The molecule has 2 rings (SSSR count). The molecular weight excluding hydrogens is 314 g/mol. The molecule has 1 aromatic rings. The zero-order valence-electron chi connectivity index (χ0n) is 13.7. The molecule has 7 heteroatoms. The Morgan fingerprint density at radius 3 is 2.78 bits per heavy atom. The third-order valence-corrected chi connectivity index (χ3v) is 5.11. The van der Waals surface area contributed by atoms with Gasteiger partial charge in [0.2, 0.25) is 5.91 Å². The van der Waals surface area contributed by atoms with Crippen LogP contribution in [0, 0.1) is 5.41 Å². The lowest BCUT2D eigenvalue weighted by molar-refractivity contribution is -0.123. The quantitative estimate of drug-likeness (QED) is 0.692. The summed E-state index contributed by atoms with van der Waals surface area (Å²) >= 11 is 1.36. The summed E-state index contributed by atoms with van der Waals surface area (Å²) in [6.07, 6.45) is 1.94. The zero-order chi connectivity index (χ0) is 16.7. The van der Waals surface area contributed by atoms with E-state index in [0.29, 0.717) is 18.0 Å². The predicted octanol–water partition coefficient (Wildman–Crippen LogP) is 0.999. The van der Waals surface area contributed by atoms with Crippen LogP contribution < -0.4 is 16.0 Å². The first-order valence-electron chi connectivity index (χ1n) is 7.88. The lowest BCUT2D eigenvalue weighted by Crippen LogP contribution is -2.51. The molecule has 2 amide bonds. The molecule has 0 bridgehead atoms. The molecule has 128 valence electrons. The van der Waals surface area contributed by atoms with Gasteiger partial charge in [-0.3, -0.25) is 9.59 Å². The minimum atomic E-state index is -0.564. The van der Waals surface area contributed by atoms with Crippen LogP contribution in [-0.2, 0) is 9.53 Å². The average Bonchev–Trinajstić information content (AvgIpc) is 3.08. The minimum Gasteiger partial charge on any atom is -0.384 e. The number of ether oxygens (including phenoxy) is 1. The SMILES string of the molecule is COCC1(CNC(=O)C(C)NC(=O)c2cccs2)CCNCC1. The number of hydrogen-bond donors (Lipinski definition) is 3.